The Morgan fingerprint density at radius 3 is 2.64 bits per heavy atom. The standard InChI is InChI=1S/C11H13/c1-2-3-5-8-11-9-6-4-7-10-11/h4,6-10H,2-3H2,1H3. The zero-order chi connectivity index (χ0) is 7.94. The summed E-state index contributed by atoms with van der Waals surface area (Å²) in [7, 11) is 0. The van der Waals surface area contributed by atoms with Crippen LogP contribution in [-0.2, 0) is 0 Å². The van der Waals surface area contributed by atoms with Gasteiger partial charge in [0.05, 0.1) is 0 Å². The third kappa shape index (κ3) is 3.03. The number of rotatable bonds is 3. The number of unbranched alkanes of at least 4 members (excludes halogenated alkanes) is 1. The molecule has 1 radical (unpaired) electrons. The van der Waals surface area contributed by atoms with Crippen molar-refractivity contribution in [2.75, 3.05) is 0 Å². The molecule has 0 aromatic heterocycles. The molecule has 1 aromatic carbocycles. The van der Waals surface area contributed by atoms with E-state index in [1.807, 2.05) is 24.3 Å². The van der Waals surface area contributed by atoms with E-state index in [-0.39, 0.29) is 0 Å². The molecule has 0 saturated carbocycles. The van der Waals surface area contributed by atoms with Crippen molar-refractivity contribution in [1.82, 2.24) is 0 Å². The first-order chi connectivity index (χ1) is 5.43. The van der Waals surface area contributed by atoms with Crippen LogP contribution in [0.3, 0.4) is 0 Å². The monoisotopic (exact) mass is 145 g/mol. The van der Waals surface area contributed by atoms with Gasteiger partial charge in [0, 0.05) is 0 Å². The maximum Gasteiger partial charge on any atom is -0.0254 e. The summed E-state index contributed by atoms with van der Waals surface area (Å²) in [4.78, 5) is 0. The van der Waals surface area contributed by atoms with Gasteiger partial charge in [-0.1, -0.05) is 49.8 Å². The highest BCUT2D eigenvalue weighted by molar-refractivity contribution is 5.46. The van der Waals surface area contributed by atoms with Crippen molar-refractivity contribution in [3.63, 3.8) is 0 Å². The average molecular weight is 145 g/mol. The van der Waals surface area contributed by atoms with E-state index in [9.17, 15) is 0 Å². The molecule has 0 atom stereocenters. The van der Waals surface area contributed by atoms with Crippen molar-refractivity contribution < 1.29 is 0 Å². The zero-order valence-corrected chi connectivity index (χ0v) is 6.88. The molecule has 0 saturated heterocycles. The Kier molecular flexibility index (Phi) is 3.46. The minimum atomic E-state index is 1.05. The van der Waals surface area contributed by atoms with Gasteiger partial charge in [-0.3, -0.25) is 0 Å². The Balaban J connectivity index is 2.50. The molecule has 0 spiro atoms. The molecule has 0 heteroatoms. The fourth-order valence-corrected chi connectivity index (χ4v) is 0.884. The normalized spacial score (nSPS) is 10.6. The minimum absolute atomic E-state index is 1.05. The molecule has 0 aliphatic carbocycles. The molecule has 0 fully saturated rings. The van der Waals surface area contributed by atoms with Gasteiger partial charge in [0.25, 0.3) is 0 Å². The van der Waals surface area contributed by atoms with E-state index < -0.39 is 0 Å². The molecule has 0 amide bonds. The smallest absolute Gasteiger partial charge is 0.0254 e. The van der Waals surface area contributed by atoms with Gasteiger partial charge in [0.1, 0.15) is 0 Å². The SMILES string of the molecule is CCC[C]=Cc1ccccc1. The fraction of sp³-hybridized carbons (Fsp3) is 0.273. The lowest BCUT2D eigenvalue weighted by Crippen LogP contribution is -1.68. The van der Waals surface area contributed by atoms with Gasteiger partial charge in [-0.05, 0) is 18.1 Å². The summed E-state index contributed by atoms with van der Waals surface area (Å²) >= 11 is 0. The van der Waals surface area contributed by atoms with E-state index in [0.717, 1.165) is 6.42 Å². The molecule has 0 nitrogen and oxygen atoms in total. The van der Waals surface area contributed by atoms with Gasteiger partial charge >= 0.3 is 0 Å². The van der Waals surface area contributed by atoms with Crippen LogP contribution in [0.15, 0.2) is 30.3 Å². The van der Waals surface area contributed by atoms with Gasteiger partial charge in [-0.25, -0.2) is 0 Å². The van der Waals surface area contributed by atoms with Crippen molar-refractivity contribution in [2.45, 2.75) is 19.8 Å². The van der Waals surface area contributed by atoms with E-state index in [1.54, 1.807) is 0 Å². The predicted octanol–water partition coefficient (Wildman–Crippen LogP) is 3.30. The van der Waals surface area contributed by atoms with Crippen molar-refractivity contribution in [3.05, 3.63) is 42.0 Å². The molecular formula is C11H13. The summed E-state index contributed by atoms with van der Waals surface area (Å²) in [6.45, 7) is 2.16. The van der Waals surface area contributed by atoms with E-state index in [1.165, 1.54) is 12.0 Å². The second-order valence-electron chi connectivity index (χ2n) is 2.51. The summed E-state index contributed by atoms with van der Waals surface area (Å²) in [6.07, 6.45) is 7.49. The van der Waals surface area contributed by atoms with Gasteiger partial charge in [0.2, 0.25) is 0 Å². The lowest BCUT2D eigenvalue weighted by Gasteiger charge is -1.89. The topological polar surface area (TPSA) is 0 Å². The number of hydrogen-bond donors (Lipinski definition) is 0. The number of benzene rings is 1. The number of allylic oxidation sites excluding steroid dienone is 1. The third-order valence-electron chi connectivity index (χ3n) is 1.46. The van der Waals surface area contributed by atoms with E-state index in [4.69, 9.17) is 0 Å². The molecule has 0 N–H and O–H groups in total. The van der Waals surface area contributed by atoms with Crippen LogP contribution in [0.2, 0.25) is 0 Å². The van der Waals surface area contributed by atoms with Crippen LogP contribution in [-0.4, -0.2) is 0 Å². The van der Waals surface area contributed by atoms with Gasteiger partial charge in [-0.2, -0.15) is 0 Å². The molecule has 0 aliphatic heterocycles. The second kappa shape index (κ2) is 4.73. The van der Waals surface area contributed by atoms with Gasteiger partial charge in [0.15, 0.2) is 0 Å². The lowest BCUT2D eigenvalue weighted by molar-refractivity contribution is 0.944. The van der Waals surface area contributed by atoms with Crippen LogP contribution in [0, 0.1) is 6.08 Å². The van der Waals surface area contributed by atoms with Crippen LogP contribution >= 0.6 is 0 Å². The van der Waals surface area contributed by atoms with Crippen LogP contribution in [0.1, 0.15) is 25.3 Å². The highest BCUT2D eigenvalue weighted by atomic mass is 13.9. The molecule has 1 aromatic rings. The zero-order valence-electron chi connectivity index (χ0n) is 6.88. The molecule has 11 heavy (non-hydrogen) atoms. The summed E-state index contributed by atoms with van der Waals surface area (Å²) in [5, 5.41) is 0. The lowest BCUT2D eigenvalue weighted by atomic mass is 10.2. The summed E-state index contributed by atoms with van der Waals surface area (Å²) in [5.41, 5.74) is 1.24. The summed E-state index contributed by atoms with van der Waals surface area (Å²) in [5.74, 6) is 0. The predicted molar refractivity (Wildman–Crippen MR) is 49.1 cm³/mol. The fourth-order valence-electron chi connectivity index (χ4n) is 0.884. The van der Waals surface area contributed by atoms with E-state index in [0.29, 0.717) is 0 Å². The molecular weight excluding hydrogens is 132 g/mol. The quantitative estimate of drug-likeness (QED) is 0.612. The van der Waals surface area contributed by atoms with Crippen molar-refractivity contribution in [2.24, 2.45) is 0 Å². The Morgan fingerprint density at radius 2 is 2.00 bits per heavy atom. The van der Waals surface area contributed by atoms with Crippen LogP contribution in [0.4, 0.5) is 0 Å². The Hall–Kier alpha value is -1.04. The molecule has 57 valence electrons. The van der Waals surface area contributed by atoms with Crippen molar-refractivity contribution in [1.29, 1.82) is 0 Å². The minimum Gasteiger partial charge on any atom is -0.0651 e. The molecule has 0 unspecified atom stereocenters. The van der Waals surface area contributed by atoms with Crippen LogP contribution in [0.5, 0.6) is 0 Å². The van der Waals surface area contributed by atoms with Gasteiger partial charge in [-0.15, -0.1) is 0 Å². The number of hydrogen-bond acceptors (Lipinski definition) is 0. The van der Waals surface area contributed by atoms with Gasteiger partial charge < -0.3 is 0 Å². The second-order valence-corrected chi connectivity index (χ2v) is 2.51. The highest BCUT2D eigenvalue weighted by Gasteiger charge is 1.80. The highest BCUT2D eigenvalue weighted by Crippen LogP contribution is 2.01. The molecule has 0 heterocycles. The molecule has 1 rings (SSSR count). The Labute approximate surface area is 68.6 Å². The van der Waals surface area contributed by atoms with Crippen molar-refractivity contribution in [3.8, 4) is 0 Å². The first kappa shape index (κ1) is 8.06. The first-order valence-electron chi connectivity index (χ1n) is 4.05. The largest absolute Gasteiger partial charge is 0.0651 e. The van der Waals surface area contributed by atoms with Crippen LogP contribution in [0.25, 0.3) is 6.08 Å². The summed E-state index contributed by atoms with van der Waals surface area (Å²) < 4.78 is 0. The average Bonchev–Trinajstić information content (AvgIpc) is 2.07. The van der Waals surface area contributed by atoms with E-state index in [2.05, 4.69) is 25.1 Å². The van der Waals surface area contributed by atoms with Crippen LogP contribution < -0.4 is 0 Å². The third-order valence-corrected chi connectivity index (χ3v) is 1.46. The molecule has 0 aliphatic rings. The first-order valence-corrected chi connectivity index (χ1v) is 4.05. The maximum absolute atomic E-state index is 3.23. The Bertz CT molecular complexity index is 209. The molecule has 0 bridgehead atoms. The van der Waals surface area contributed by atoms with Crippen molar-refractivity contribution >= 4 is 6.08 Å². The summed E-state index contributed by atoms with van der Waals surface area (Å²) in [6, 6.07) is 10.3. The Morgan fingerprint density at radius 1 is 1.27 bits per heavy atom. The van der Waals surface area contributed by atoms with E-state index >= 15 is 0 Å². The maximum atomic E-state index is 3.23.